The lowest BCUT2D eigenvalue weighted by molar-refractivity contribution is 0.298. The molecule has 0 amide bonds. The maximum absolute atomic E-state index is 5.21. The van der Waals surface area contributed by atoms with Crippen LogP contribution in [0.1, 0.15) is 18.1 Å². The number of benzene rings is 1. The van der Waals surface area contributed by atoms with Crippen LogP contribution < -0.4 is 0 Å². The van der Waals surface area contributed by atoms with Crippen molar-refractivity contribution >= 4 is 23.3 Å². The van der Waals surface area contributed by atoms with Crippen LogP contribution in [0.3, 0.4) is 0 Å². The van der Waals surface area contributed by atoms with Crippen molar-refractivity contribution in [2.75, 3.05) is 0 Å². The van der Waals surface area contributed by atoms with E-state index in [1.807, 2.05) is 30.3 Å². The summed E-state index contributed by atoms with van der Waals surface area (Å²) in [5.41, 5.74) is 2.23. The lowest BCUT2D eigenvalue weighted by Crippen LogP contribution is -1.96. The van der Waals surface area contributed by atoms with Gasteiger partial charge in [0.15, 0.2) is 5.05 Å². The summed E-state index contributed by atoms with van der Waals surface area (Å²) in [6, 6.07) is 8.03. The van der Waals surface area contributed by atoms with E-state index in [9.17, 15) is 0 Å². The Labute approximate surface area is 84.0 Å². The van der Waals surface area contributed by atoms with Gasteiger partial charge >= 0.3 is 0 Å². The number of hydrogen-bond donors (Lipinski definition) is 0. The van der Waals surface area contributed by atoms with Crippen molar-refractivity contribution in [1.82, 2.24) is 0 Å². The van der Waals surface area contributed by atoms with Gasteiger partial charge < -0.3 is 4.74 Å². The molecular formula is C11H12OS. The van der Waals surface area contributed by atoms with E-state index in [-0.39, 0.29) is 0 Å². The van der Waals surface area contributed by atoms with Crippen LogP contribution in [-0.2, 0) is 11.3 Å². The molecule has 0 fully saturated rings. The highest BCUT2D eigenvalue weighted by Crippen LogP contribution is 2.06. The van der Waals surface area contributed by atoms with E-state index >= 15 is 0 Å². The van der Waals surface area contributed by atoms with E-state index in [0.29, 0.717) is 11.7 Å². The van der Waals surface area contributed by atoms with Gasteiger partial charge in [-0.2, -0.15) is 0 Å². The zero-order valence-corrected chi connectivity index (χ0v) is 8.43. The molecule has 0 unspecified atom stereocenters. The average molecular weight is 192 g/mol. The molecule has 0 saturated heterocycles. The highest BCUT2D eigenvalue weighted by molar-refractivity contribution is 7.80. The predicted octanol–water partition coefficient (Wildman–Crippen LogP) is 3.19. The van der Waals surface area contributed by atoms with Gasteiger partial charge in [0.05, 0.1) is 0 Å². The fourth-order valence-electron chi connectivity index (χ4n) is 0.935. The smallest absolute Gasteiger partial charge is 0.157 e. The molecule has 1 aromatic carbocycles. The average Bonchev–Trinajstić information content (AvgIpc) is 2.15. The zero-order chi connectivity index (χ0) is 9.68. The van der Waals surface area contributed by atoms with Gasteiger partial charge in [-0.25, -0.2) is 0 Å². The summed E-state index contributed by atoms with van der Waals surface area (Å²) in [6.07, 6.45) is 1.81. The van der Waals surface area contributed by atoms with E-state index in [4.69, 9.17) is 17.0 Å². The molecule has 68 valence electrons. The van der Waals surface area contributed by atoms with Crippen LogP contribution in [0.5, 0.6) is 0 Å². The maximum Gasteiger partial charge on any atom is 0.157 e. The van der Waals surface area contributed by atoms with Crippen molar-refractivity contribution in [3.8, 4) is 0 Å². The number of hydrogen-bond acceptors (Lipinski definition) is 2. The van der Waals surface area contributed by atoms with E-state index in [0.717, 1.165) is 11.1 Å². The first-order chi connectivity index (χ1) is 6.22. The largest absolute Gasteiger partial charge is 0.483 e. The highest BCUT2D eigenvalue weighted by atomic mass is 32.1. The summed E-state index contributed by atoms with van der Waals surface area (Å²) in [5.74, 6) is 0. The summed E-state index contributed by atoms with van der Waals surface area (Å²) < 4.78 is 5.21. The molecule has 0 spiro atoms. The Bertz CT molecular complexity index is 300. The molecule has 0 bridgehead atoms. The van der Waals surface area contributed by atoms with E-state index < -0.39 is 0 Å². The molecule has 1 rings (SSSR count). The molecule has 0 aliphatic heterocycles. The minimum Gasteiger partial charge on any atom is -0.483 e. The summed E-state index contributed by atoms with van der Waals surface area (Å²) in [7, 11) is 0. The Morgan fingerprint density at radius 1 is 1.46 bits per heavy atom. The van der Waals surface area contributed by atoms with Crippen molar-refractivity contribution in [2.24, 2.45) is 0 Å². The second-order valence-electron chi connectivity index (χ2n) is 2.73. The zero-order valence-electron chi connectivity index (χ0n) is 7.62. The molecular weight excluding hydrogens is 180 g/mol. The van der Waals surface area contributed by atoms with E-state index in [1.54, 1.807) is 6.92 Å². The van der Waals surface area contributed by atoms with Gasteiger partial charge in [0.25, 0.3) is 0 Å². The molecule has 0 atom stereocenters. The topological polar surface area (TPSA) is 9.23 Å². The minimum atomic E-state index is 0.548. The van der Waals surface area contributed by atoms with Crippen LogP contribution >= 0.6 is 12.2 Å². The number of rotatable bonds is 3. The SMILES string of the molecule is C=Cc1ccc(COC(C)=S)cc1. The number of ether oxygens (including phenoxy) is 1. The summed E-state index contributed by atoms with van der Waals surface area (Å²) in [5, 5.41) is 0.577. The van der Waals surface area contributed by atoms with Gasteiger partial charge in [0.1, 0.15) is 6.61 Å². The molecule has 1 nitrogen and oxygen atoms in total. The second-order valence-corrected chi connectivity index (χ2v) is 3.30. The van der Waals surface area contributed by atoms with Gasteiger partial charge in [-0.3, -0.25) is 0 Å². The predicted molar refractivity (Wildman–Crippen MR) is 59.6 cm³/mol. The van der Waals surface area contributed by atoms with E-state index in [2.05, 4.69) is 6.58 Å². The Kier molecular flexibility index (Phi) is 3.65. The molecule has 1 aromatic rings. The van der Waals surface area contributed by atoms with Gasteiger partial charge in [-0.05, 0) is 23.3 Å². The first-order valence-corrected chi connectivity index (χ1v) is 4.48. The lowest BCUT2D eigenvalue weighted by atomic mass is 10.1. The molecule has 0 aliphatic carbocycles. The van der Waals surface area contributed by atoms with Crippen molar-refractivity contribution in [1.29, 1.82) is 0 Å². The van der Waals surface area contributed by atoms with Crippen LogP contribution in [0.4, 0.5) is 0 Å². The molecule has 0 heterocycles. The molecule has 0 saturated carbocycles. The second kappa shape index (κ2) is 4.77. The maximum atomic E-state index is 5.21. The van der Waals surface area contributed by atoms with Crippen LogP contribution in [0.25, 0.3) is 6.08 Å². The van der Waals surface area contributed by atoms with Crippen LogP contribution in [-0.4, -0.2) is 5.05 Å². The van der Waals surface area contributed by atoms with Crippen molar-refractivity contribution < 1.29 is 4.74 Å². The van der Waals surface area contributed by atoms with Gasteiger partial charge in [-0.1, -0.05) is 36.9 Å². The minimum absolute atomic E-state index is 0.548. The molecule has 2 heteroatoms. The summed E-state index contributed by atoms with van der Waals surface area (Å²) >= 11 is 4.80. The Balaban J connectivity index is 2.59. The quantitative estimate of drug-likeness (QED) is 0.680. The van der Waals surface area contributed by atoms with E-state index in [1.165, 1.54) is 0 Å². The lowest BCUT2D eigenvalue weighted by Gasteiger charge is -2.03. The van der Waals surface area contributed by atoms with Gasteiger partial charge in [0.2, 0.25) is 0 Å². The molecule has 0 radical (unpaired) electrons. The first kappa shape index (κ1) is 9.93. The monoisotopic (exact) mass is 192 g/mol. The van der Waals surface area contributed by atoms with Crippen molar-refractivity contribution in [2.45, 2.75) is 13.5 Å². The van der Waals surface area contributed by atoms with Crippen LogP contribution in [0.15, 0.2) is 30.8 Å². The first-order valence-electron chi connectivity index (χ1n) is 4.07. The Morgan fingerprint density at radius 2 is 2.08 bits per heavy atom. The standard InChI is InChI=1S/C11H12OS/c1-3-10-4-6-11(7-5-10)8-12-9(2)13/h3-7H,1,8H2,2H3. The summed E-state index contributed by atoms with van der Waals surface area (Å²) in [6.45, 7) is 6.00. The van der Waals surface area contributed by atoms with Crippen molar-refractivity contribution in [3.63, 3.8) is 0 Å². The van der Waals surface area contributed by atoms with Gasteiger partial charge in [0, 0.05) is 6.92 Å². The Hall–Kier alpha value is -1.15. The van der Waals surface area contributed by atoms with Crippen LogP contribution in [0, 0.1) is 0 Å². The molecule has 13 heavy (non-hydrogen) atoms. The fraction of sp³-hybridized carbons (Fsp3) is 0.182. The van der Waals surface area contributed by atoms with Crippen molar-refractivity contribution in [3.05, 3.63) is 42.0 Å². The third-order valence-electron chi connectivity index (χ3n) is 1.66. The van der Waals surface area contributed by atoms with Gasteiger partial charge in [-0.15, -0.1) is 0 Å². The Morgan fingerprint density at radius 3 is 2.54 bits per heavy atom. The molecule has 0 aliphatic rings. The van der Waals surface area contributed by atoms with Crippen LogP contribution in [0.2, 0.25) is 0 Å². The number of thiocarbonyl (C=S) groups is 1. The third kappa shape index (κ3) is 3.38. The highest BCUT2D eigenvalue weighted by Gasteiger charge is 1.93. The third-order valence-corrected chi connectivity index (χ3v) is 1.78. The molecule has 0 aromatic heterocycles. The fourth-order valence-corrected chi connectivity index (χ4v) is 0.994. The normalized spacial score (nSPS) is 9.31. The summed E-state index contributed by atoms with van der Waals surface area (Å²) in [4.78, 5) is 0. The molecule has 0 N–H and O–H groups in total.